The van der Waals surface area contributed by atoms with Crippen molar-refractivity contribution in [3.8, 4) is 23.0 Å². The first kappa shape index (κ1) is 23.7. The van der Waals surface area contributed by atoms with E-state index in [0.717, 1.165) is 12.1 Å². The van der Waals surface area contributed by atoms with Gasteiger partial charge in [0.2, 0.25) is 12.0 Å². The summed E-state index contributed by atoms with van der Waals surface area (Å²) in [6.07, 6.45) is -9.91. The first-order valence-corrected chi connectivity index (χ1v) is 9.66. The molecule has 32 heavy (non-hydrogen) atoms. The average molecular weight is 452 g/mol. The predicted molar refractivity (Wildman–Crippen MR) is 106 cm³/mol. The Morgan fingerprint density at radius 2 is 1.62 bits per heavy atom. The van der Waals surface area contributed by atoms with Crippen LogP contribution in [-0.4, -0.2) is 90.1 Å². The molecule has 0 aromatic heterocycles. The lowest BCUT2D eigenvalue weighted by atomic mass is 9.98. The molecule has 0 aliphatic carbocycles. The number of hydrogen-bond acceptors (Lipinski definition) is 11. The van der Waals surface area contributed by atoms with Crippen LogP contribution >= 0.6 is 0 Å². The predicted octanol–water partition coefficient (Wildman–Crippen LogP) is -1.23. The SMILES string of the molecule is O=C(c1ccc(O)c(OC2OC(CO)C(O)C(O)C2O)c1O)C(O)Cc1ccc(O)cc1. The minimum absolute atomic E-state index is 0.0146. The minimum Gasteiger partial charge on any atom is -0.508 e. The number of phenols is 3. The maximum atomic E-state index is 12.7. The van der Waals surface area contributed by atoms with Crippen LogP contribution in [0.1, 0.15) is 15.9 Å². The van der Waals surface area contributed by atoms with Crippen LogP contribution in [0.5, 0.6) is 23.0 Å². The summed E-state index contributed by atoms with van der Waals surface area (Å²) in [7, 11) is 0. The van der Waals surface area contributed by atoms with Gasteiger partial charge in [-0.25, -0.2) is 0 Å². The van der Waals surface area contributed by atoms with Crippen LogP contribution < -0.4 is 4.74 Å². The molecule has 8 N–H and O–H groups in total. The van der Waals surface area contributed by atoms with Crippen molar-refractivity contribution in [2.24, 2.45) is 0 Å². The van der Waals surface area contributed by atoms with Gasteiger partial charge in [0.25, 0.3) is 0 Å². The standard InChI is InChI=1S/C21H24O11/c22-8-14-17(28)18(29)19(30)21(31-14)32-20-12(24)6-5-11(16(20)27)15(26)13(25)7-9-1-3-10(23)4-2-9/h1-6,13-14,17-19,21-25,27-30H,7-8H2. The van der Waals surface area contributed by atoms with E-state index in [0.29, 0.717) is 5.56 Å². The van der Waals surface area contributed by atoms with Crippen LogP contribution in [0.4, 0.5) is 0 Å². The van der Waals surface area contributed by atoms with Gasteiger partial charge in [-0.05, 0) is 29.8 Å². The average Bonchev–Trinajstić information content (AvgIpc) is 2.77. The molecule has 3 rings (SSSR count). The molecule has 0 saturated carbocycles. The molecule has 6 atom stereocenters. The molecule has 0 radical (unpaired) electrons. The quantitative estimate of drug-likeness (QED) is 0.234. The number of aliphatic hydroxyl groups excluding tert-OH is 5. The van der Waals surface area contributed by atoms with Gasteiger partial charge in [0.15, 0.2) is 17.3 Å². The highest BCUT2D eigenvalue weighted by Crippen LogP contribution is 2.41. The largest absolute Gasteiger partial charge is 0.508 e. The Kier molecular flexibility index (Phi) is 7.19. The molecule has 1 aliphatic heterocycles. The number of carbonyl (C=O) groups excluding carboxylic acids is 1. The Morgan fingerprint density at radius 1 is 0.969 bits per heavy atom. The molecular weight excluding hydrogens is 428 g/mol. The summed E-state index contributed by atoms with van der Waals surface area (Å²) < 4.78 is 10.4. The van der Waals surface area contributed by atoms with E-state index < -0.39 is 72.0 Å². The smallest absolute Gasteiger partial charge is 0.229 e. The van der Waals surface area contributed by atoms with Crippen LogP contribution in [0, 0.1) is 0 Å². The number of Topliss-reactive ketones (excluding diaryl/α,β-unsaturated/α-hetero) is 1. The molecule has 0 spiro atoms. The van der Waals surface area contributed by atoms with Gasteiger partial charge >= 0.3 is 0 Å². The molecule has 2 aromatic carbocycles. The number of hydrogen-bond donors (Lipinski definition) is 8. The second kappa shape index (κ2) is 9.69. The molecule has 2 aromatic rings. The number of ether oxygens (including phenoxy) is 2. The lowest BCUT2D eigenvalue weighted by Crippen LogP contribution is -2.60. The Balaban J connectivity index is 1.82. The minimum atomic E-state index is -1.81. The second-order valence-electron chi connectivity index (χ2n) is 7.38. The van der Waals surface area contributed by atoms with Crippen molar-refractivity contribution in [3.05, 3.63) is 47.5 Å². The zero-order valence-electron chi connectivity index (χ0n) is 16.6. The molecule has 0 bridgehead atoms. The molecule has 1 saturated heterocycles. The summed E-state index contributed by atoms with van der Waals surface area (Å²) >= 11 is 0. The van der Waals surface area contributed by atoms with Crippen LogP contribution in [-0.2, 0) is 11.2 Å². The molecule has 1 heterocycles. The van der Waals surface area contributed by atoms with Gasteiger partial charge in [-0.2, -0.15) is 0 Å². The molecule has 6 unspecified atom stereocenters. The summed E-state index contributed by atoms with van der Waals surface area (Å²) in [5.74, 6) is -3.03. The first-order valence-electron chi connectivity index (χ1n) is 9.66. The highest BCUT2D eigenvalue weighted by atomic mass is 16.7. The highest BCUT2D eigenvalue weighted by molar-refractivity contribution is 6.02. The van der Waals surface area contributed by atoms with Crippen molar-refractivity contribution in [1.82, 2.24) is 0 Å². The van der Waals surface area contributed by atoms with Crippen molar-refractivity contribution in [2.75, 3.05) is 6.61 Å². The van der Waals surface area contributed by atoms with Gasteiger partial charge in [0.1, 0.15) is 36.3 Å². The zero-order chi connectivity index (χ0) is 23.6. The van der Waals surface area contributed by atoms with E-state index in [4.69, 9.17) is 9.47 Å². The van der Waals surface area contributed by atoms with E-state index in [2.05, 4.69) is 0 Å². The third-order valence-electron chi connectivity index (χ3n) is 5.13. The van der Waals surface area contributed by atoms with Gasteiger partial charge in [0, 0.05) is 6.42 Å². The fraction of sp³-hybridized carbons (Fsp3) is 0.381. The van der Waals surface area contributed by atoms with E-state index in [-0.39, 0.29) is 12.2 Å². The van der Waals surface area contributed by atoms with Gasteiger partial charge in [-0.3, -0.25) is 4.79 Å². The van der Waals surface area contributed by atoms with Crippen molar-refractivity contribution in [1.29, 1.82) is 0 Å². The molecule has 1 aliphatic rings. The van der Waals surface area contributed by atoms with Crippen LogP contribution in [0.3, 0.4) is 0 Å². The number of rotatable bonds is 7. The van der Waals surface area contributed by atoms with Crippen molar-refractivity contribution < 1.29 is 55.1 Å². The van der Waals surface area contributed by atoms with Crippen molar-refractivity contribution in [3.63, 3.8) is 0 Å². The molecule has 0 amide bonds. The normalized spacial score (nSPS) is 26.5. The number of aliphatic hydroxyl groups is 5. The van der Waals surface area contributed by atoms with E-state index in [1.54, 1.807) is 0 Å². The van der Waals surface area contributed by atoms with Crippen LogP contribution in [0.15, 0.2) is 36.4 Å². The van der Waals surface area contributed by atoms with Crippen molar-refractivity contribution >= 4 is 5.78 Å². The summed E-state index contributed by atoms with van der Waals surface area (Å²) in [4.78, 5) is 12.7. The molecule has 11 heteroatoms. The lowest BCUT2D eigenvalue weighted by Gasteiger charge is -2.39. The Bertz CT molecular complexity index is 944. The zero-order valence-corrected chi connectivity index (χ0v) is 16.6. The first-order chi connectivity index (χ1) is 15.1. The van der Waals surface area contributed by atoms with Gasteiger partial charge in [-0.1, -0.05) is 12.1 Å². The van der Waals surface area contributed by atoms with Gasteiger partial charge in [0.05, 0.1) is 12.2 Å². The Labute approximate surface area is 182 Å². The summed E-state index contributed by atoms with van der Waals surface area (Å²) in [5, 5.41) is 79.2. The van der Waals surface area contributed by atoms with E-state index in [9.17, 15) is 45.6 Å². The van der Waals surface area contributed by atoms with E-state index >= 15 is 0 Å². The third kappa shape index (κ3) is 4.78. The number of aromatic hydroxyl groups is 3. The summed E-state index contributed by atoms with van der Waals surface area (Å²) in [5.41, 5.74) is 0.147. The van der Waals surface area contributed by atoms with Gasteiger partial charge < -0.3 is 50.3 Å². The topological polar surface area (TPSA) is 197 Å². The highest BCUT2D eigenvalue weighted by Gasteiger charge is 2.45. The molecule has 174 valence electrons. The number of carbonyl (C=O) groups is 1. The molecule has 1 fully saturated rings. The summed E-state index contributed by atoms with van der Waals surface area (Å²) in [6.45, 7) is -0.718. The third-order valence-corrected chi connectivity index (χ3v) is 5.13. The Morgan fingerprint density at radius 3 is 2.25 bits per heavy atom. The fourth-order valence-electron chi connectivity index (χ4n) is 3.28. The van der Waals surface area contributed by atoms with E-state index in [1.165, 1.54) is 24.3 Å². The fourth-order valence-corrected chi connectivity index (χ4v) is 3.28. The maximum absolute atomic E-state index is 12.7. The van der Waals surface area contributed by atoms with Crippen LogP contribution in [0.25, 0.3) is 0 Å². The number of phenolic OH excluding ortho intramolecular Hbond substituents is 3. The summed E-state index contributed by atoms with van der Waals surface area (Å²) in [6, 6.07) is 7.87. The Hall–Kier alpha value is -2.93. The van der Waals surface area contributed by atoms with Crippen molar-refractivity contribution in [2.45, 2.75) is 43.2 Å². The number of benzene rings is 2. The van der Waals surface area contributed by atoms with Crippen LogP contribution in [0.2, 0.25) is 0 Å². The molecule has 11 nitrogen and oxygen atoms in total. The monoisotopic (exact) mass is 452 g/mol. The van der Waals surface area contributed by atoms with E-state index in [1.807, 2.05) is 0 Å². The molecular formula is C21H24O11. The number of ketones is 1. The second-order valence-corrected chi connectivity index (χ2v) is 7.38. The van der Waals surface area contributed by atoms with Gasteiger partial charge in [-0.15, -0.1) is 0 Å². The lowest BCUT2D eigenvalue weighted by molar-refractivity contribution is -0.277. The maximum Gasteiger partial charge on any atom is 0.229 e.